The van der Waals surface area contributed by atoms with Gasteiger partial charge in [-0.05, 0) is 86.6 Å². The fourth-order valence-electron chi connectivity index (χ4n) is 0.926. The van der Waals surface area contributed by atoms with E-state index in [1.807, 2.05) is 27.7 Å². The van der Waals surface area contributed by atoms with Crippen molar-refractivity contribution in [3.05, 3.63) is 0 Å². The quantitative estimate of drug-likeness (QED) is 0.270. The van der Waals surface area contributed by atoms with Crippen LogP contribution >= 0.6 is 67.6 Å². The van der Waals surface area contributed by atoms with E-state index in [0.29, 0.717) is 8.77 Å². The maximum atomic E-state index is 5.39. The third kappa shape index (κ3) is 15.6. The van der Waals surface area contributed by atoms with Crippen molar-refractivity contribution in [3.63, 3.8) is 0 Å². The van der Waals surface area contributed by atoms with Crippen molar-refractivity contribution >= 4 is 76.4 Å². The van der Waals surface area contributed by atoms with Crippen molar-refractivity contribution in [2.75, 3.05) is 11.5 Å². The predicted octanol–water partition coefficient (Wildman–Crippen LogP) is 5.95. The van der Waals surface area contributed by atoms with Crippen LogP contribution in [0.1, 0.15) is 40.5 Å². The van der Waals surface area contributed by atoms with E-state index in [2.05, 4.69) is 0 Å². The smallest absolute Gasteiger partial charge is 0.231 e. The van der Waals surface area contributed by atoms with Gasteiger partial charge in [-0.3, -0.25) is 0 Å². The van der Waals surface area contributed by atoms with E-state index in [1.165, 1.54) is 12.8 Å². The molecule has 0 aromatic rings. The van der Waals surface area contributed by atoms with Crippen LogP contribution < -0.4 is 0 Å². The highest BCUT2D eigenvalue weighted by molar-refractivity contribution is 8.83. The standard InChI is InChI=1S/C12H22O2S6/c1-9(2)13-11(15)19-17-7-5-6-8-18-20-12(16)14-10(3)4/h9-10H,5-8H2,1-4H3. The molecule has 0 rings (SSSR count). The Morgan fingerprint density at radius 2 is 1.15 bits per heavy atom. The lowest BCUT2D eigenvalue weighted by Crippen LogP contribution is -2.05. The lowest BCUT2D eigenvalue weighted by molar-refractivity contribution is 0.243. The van der Waals surface area contributed by atoms with Crippen LogP contribution in [0.25, 0.3) is 0 Å². The summed E-state index contributed by atoms with van der Waals surface area (Å²) in [5.41, 5.74) is 0. The lowest BCUT2D eigenvalue weighted by atomic mass is 10.4. The molecule has 0 aromatic carbocycles. The van der Waals surface area contributed by atoms with Crippen LogP contribution in [0.4, 0.5) is 0 Å². The Bertz CT molecular complexity index is 255. The van der Waals surface area contributed by atoms with Crippen molar-refractivity contribution in [1.29, 1.82) is 0 Å². The van der Waals surface area contributed by atoms with Crippen LogP contribution in [0.2, 0.25) is 0 Å². The summed E-state index contributed by atoms with van der Waals surface area (Å²) >= 11 is 10.2. The maximum Gasteiger partial charge on any atom is 0.231 e. The van der Waals surface area contributed by atoms with E-state index in [0.717, 1.165) is 11.5 Å². The van der Waals surface area contributed by atoms with Gasteiger partial charge in [-0.1, -0.05) is 21.6 Å². The predicted molar refractivity (Wildman–Crippen MR) is 107 cm³/mol. The van der Waals surface area contributed by atoms with Gasteiger partial charge in [-0.2, -0.15) is 0 Å². The zero-order valence-corrected chi connectivity index (χ0v) is 17.1. The van der Waals surface area contributed by atoms with Gasteiger partial charge in [0.15, 0.2) is 0 Å². The summed E-state index contributed by atoms with van der Waals surface area (Å²) < 4.78 is 12.0. The van der Waals surface area contributed by atoms with E-state index in [1.54, 1.807) is 43.2 Å². The minimum Gasteiger partial charge on any atom is -0.475 e. The summed E-state index contributed by atoms with van der Waals surface area (Å²) in [4.78, 5) is 0. The third-order valence-electron chi connectivity index (χ3n) is 1.62. The first kappa shape index (κ1) is 21.2. The summed E-state index contributed by atoms with van der Waals surface area (Å²) in [6, 6.07) is 0. The van der Waals surface area contributed by atoms with E-state index >= 15 is 0 Å². The first-order valence-electron chi connectivity index (χ1n) is 6.42. The van der Waals surface area contributed by atoms with E-state index in [9.17, 15) is 0 Å². The molecule has 0 unspecified atom stereocenters. The fraction of sp³-hybridized carbons (Fsp3) is 0.833. The van der Waals surface area contributed by atoms with Gasteiger partial charge >= 0.3 is 0 Å². The minimum absolute atomic E-state index is 0.168. The number of hydrogen-bond acceptors (Lipinski definition) is 8. The molecule has 0 bridgehead atoms. The summed E-state index contributed by atoms with van der Waals surface area (Å²) in [6.07, 6.45) is 2.68. The lowest BCUT2D eigenvalue weighted by Gasteiger charge is -2.09. The van der Waals surface area contributed by atoms with Crippen molar-refractivity contribution in [2.45, 2.75) is 52.7 Å². The molecule has 0 aliphatic carbocycles. The van der Waals surface area contributed by atoms with Crippen molar-refractivity contribution in [1.82, 2.24) is 0 Å². The van der Waals surface area contributed by atoms with Gasteiger partial charge in [-0.25, -0.2) is 0 Å². The number of rotatable bonds is 9. The molecule has 2 nitrogen and oxygen atoms in total. The molecule has 0 atom stereocenters. The van der Waals surface area contributed by atoms with Gasteiger partial charge in [-0.15, -0.1) is 0 Å². The molecule has 0 heterocycles. The SMILES string of the molecule is CC(C)OC(=S)SSCCCCSSC(=S)OC(C)C. The van der Waals surface area contributed by atoms with Crippen LogP contribution in [0, 0.1) is 0 Å². The van der Waals surface area contributed by atoms with Gasteiger partial charge in [0.2, 0.25) is 8.77 Å². The van der Waals surface area contributed by atoms with Crippen LogP contribution in [0.3, 0.4) is 0 Å². The number of hydrogen-bond donors (Lipinski definition) is 0. The minimum atomic E-state index is 0.168. The van der Waals surface area contributed by atoms with Gasteiger partial charge < -0.3 is 9.47 Å². The fourth-order valence-corrected chi connectivity index (χ4v) is 5.66. The Balaban J connectivity index is 3.29. The molecule has 0 aliphatic rings. The van der Waals surface area contributed by atoms with Crippen molar-refractivity contribution < 1.29 is 9.47 Å². The molecule has 0 N–H and O–H groups in total. The van der Waals surface area contributed by atoms with Crippen LogP contribution in [0.5, 0.6) is 0 Å². The Labute approximate surface area is 149 Å². The molecule has 0 aliphatic heterocycles. The molecule has 20 heavy (non-hydrogen) atoms. The Morgan fingerprint density at radius 3 is 1.45 bits per heavy atom. The second-order valence-corrected chi connectivity index (χ2v) is 10.4. The van der Waals surface area contributed by atoms with Gasteiger partial charge in [0.25, 0.3) is 0 Å². The summed E-state index contributed by atoms with van der Waals surface area (Å²) in [6.45, 7) is 7.94. The van der Waals surface area contributed by atoms with E-state index < -0.39 is 0 Å². The number of ether oxygens (including phenoxy) is 2. The molecule has 0 aromatic heterocycles. The highest BCUT2D eigenvalue weighted by Gasteiger charge is 2.03. The maximum absolute atomic E-state index is 5.39. The Hall–Kier alpha value is 1.18. The summed E-state index contributed by atoms with van der Waals surface area (Å²) in [7, 11) is 6.63. The summed E-state index contributed by atoms with van der Waals surface area (Å²) in [5, 5.41) is 0. The molecule has 0 fully saturated rings. The van der Waals surface area contributed by atoms with Gasteiger partial charge in [0, 0.05) is 11.5 Å². The van der Waals surface area contributed by atoms with Crippen LogP contribution in [-0.2, 0) is 9.47 Å². The van der Waals surface area contributed by atoms with E-state index in [4.69, 9.17) is 33.9 Å². The molecular formula is C12H22O2S6. The van der Waals surface area contributed by atoms with Gasteiger partial charge in [0.05, 0.1) is 12.2 Å². The zero-order valence-electron chi connectivity index (χ0n) is 12.2. The summed E-state index contributed by atoms with van der Waals surface area (Å²) in [5.74, 6) is 2.18. The second-order valence-electron chi connectivity index (χ2n) is 4.35. The normalized spacial score (nSPS) is 10.9. The van der Waals surface area contributed by atoms with Crippen molar-refractivity contribution in [2.24, 2.45) is 0 Å². The molecule has 0 spiro atoms. The Kier molecular flexibility index (Phi) is 14.6. The Morgan fingerprint density at radius 1 is 0.800 bits per heavy atom. The average Bonchev–Trinajstić information content (AvgIpc) is 2.30. The first-order chi connectivity index (χ1) is 9.41. The first-order valence-corrected chi connectivity index (χ1v) is 11.9. The molecule has 0 radical (unpaired) electrons. The topological polar surface area (TPSA) is 18.5 Å². The molecule has 0 saturated heterocycles. The number of thiocarbonyl (C=S) groups is 2. The van der Waals surface area contributed by atoms with Gasteiger partial charge in [0.1, 0.15) is 0 Å². The van der Waals surface area contributed by atoms with Crippen LogP contribution in [-0.4, -0.2) is 32.5 Å². The zero-order chi connectivity index (χ0) is 15.4. The average molecular weight is 391 g/mol. The van der Waals surface area contributed by atoms with Crippen LogP contribution in [0.15, 0.2) is 0 Å². The highest BCUT2D eigenvalue weighted by atomic mass is 33.1. The molecule has 0 amide bonds. The molecule has 8 heteroatoms. The van der Waals surface area contributed by atoms with Crippen molar-refractivity contribution in [3.8, 4) is 0 Å². The molecular weight excluding hydrogens is 369 g/mol. The largest absolute Gasteiger partial charge is 0.475 e. The third-order valence-corrected chi connectivity index (χ3v) is 7.17. The second kappa shape index (κ2) is 13.8. The monoisotopic (exact) mass is 390 g/mol. The van der Waals surface area contributed by atoms with E-state index in [-0.39, 0.29) is 12.2 Å². The highest BCUT2D eigenvalue weighted by Crippen LogP contribution is 2.28. The number of unbranched alkanes of at least 4 members (excludes halogenated alkanes) is 1. The molecule has 118 valence electrons. The molecule has 0 saturated carbocycles.